The first-order chi connectivity index (χ1) is 13.1. The molecular weight excluding hydrogens is 348 g/mol. The van der Waals surface area contributed by atoms with Crippen molar-refractivity contribution in [2.45, 2.75) is 6.42 Å². The molecule has 7 heteroatoms. The van der Waals surface area contributed by atoms with Crippen LogP contribution in [-0.4, -0.2) is 47.4 Å². The molecule has 2 aromatic rings. The van der Waals surface area contributed by atoms with Crippen LogP contribution in [0.3, 0.4) is 0 Å². The van der Waals surface area contributed by atoms with E-state index in [-0.39, 0.29) is 12.5 Å². The average Bonchev–Trinajstić information content (AvgIpc) is 2.71. The highest BCUT2D eigenvalue weighted by Crippen LogP contribution is 2.29. The van der Waals surface area contributed by atoms with Crippen molar-refractivity contribution < 1.29 is 23.7 Å². The topological polar surface area (TPSA) is 78.1 Å². The molecule has 2 aromatic carbocycles. The Morgan fingerprint density at radius 1 is 0.815 bits per heavy atom. The van der Waals surface area contributed by atoms with Crippen LogP contribution in [0.2, 0.25) is 0 Å². The molecule has 146 valence electrons. The molecule has 0 aliphatic rings. The van der Waals surface area contributed by atoms with E-state index in [1.165, 1.54) is 0 Å². The molecular formula is C20H26N2O5. The maximum Gasteiger partial charge on any atom is 0.239 e. The Balaban J connectivity index is 1.80. The van der Waals surface area contributed by atoms with Gasteiger partial charge in [0.1, 0.15) is 0 Å². The number of hydrogen-bond acceptors (Lipinski definition) is 6. The van der Waals surface area contributed by atoms with E-state index in [0.29, 0.717) is 36.0 Å². The fourth-order valence-corrected chi connectivity index (χ4v) is 2.57. The molecule has 27 heavy (non-hydrogen) atoms. The maximum absolute atomic E-state index is 12.0. The van der Waals surface area contributed by atoms with Gasteiger partial charge in [-0.2, -0.15) is 0 Å². The minimum absolute atomic E-state index is 0.0924. The summed E-state index contributed by atoms with van der Waals surface area (Å²) >= 11 is 0. The predicted octanol–water partition coefficient (Wildman–Crippen LogP) is 2.49. The Morgan fingerprint density at radius 2 is 1.41 bits per heavy atom. The van der Waals surface area contributed by atoms with Gasteiger partial charge in [-0.25, -0.2) is 0 Å². The van der Waals surface area contributed by atoms with Crippen LogP contribution >= 0.6 is 0 Å². The van der Waals surface area contributed by atoms with Gasteiger partial charge in [0.05, 0.1) is 35.0 Å². The van der Waals surface area contributed by atoms with Gasteiger partial charge in [-0.3, -0.25) is 4.79 Å². The summed E-state index contributed by atoms with van der Waals surface area (Å²) in [4.78, 5) is 12.0. The first kappa shape index (κ1) is 20.2. The second kappa shape index (κ2) is 10.2. The highest BCUT2D eigenvalue weighted by molar-refractivity contribution is 5.80. The summed E-state index contributed by atoms with van der Waals surface area (Å²) in [6, 6.07) is 11.1. The van der Waals surface area contributed by atoms with Crippen molar-refractivity contribution in [3.63, 3.8) is 0 Å². The van der Waals surface area contributed by atoms with E-state index in [1.54, 1.807) is 40.6 Å². The summed E-state index contributed by atoms with van der Waals surface area (Å²) in [6.45, 7) is 0.698. The summed E-state index contributed by atoms with van der Waals surface area (Å²) in [7, 11) is 6.35. The molecule has 0 saturated carbocycles. The second-order valence-corrected chi connectivity index (χ2v) is 5.71. The van der Waals surface area contributed by atoms with Gasteiger partial charge in [0.2, 0.25) is 5.91 Å². The molecule has 0 saturated heterocycles. The van der Waals surface area contributed by atoms with Gasteiger partial charge in [0.25, 0.3) is 0 Å². The number of carbonyl (C=O) groups excluding carboxylic acids is 1. The van der Waals surface area contributed by atoms with E-state index >= 15 is 0 Å². The average molecular weight is 374 g/mol. The SMILES string of the molecule is COc1ccc(CCNC(=O)CNc2ccc(OC)c(OC)c2)cc1OC. The molecule has 7 nitrogen and oxygen atoms in total. The lowest BCUT2D eigenvalue weighted by Crippen LogP contribution is -2.31. The van der Waals surface area contributed by atoms with Gasteiger partial charge < -0.3 is 29.6 Å². The van der Waals surface area contributed by atoms with Crippen LogP contribution in [0.1, 0.15) is 5.56 Å². The Hall–Kier alpha value is -3.09. The van der Waals surface area contributed by atoms with E-state index < -0.39 is 0 Å². The van der Waals surface area contributed by atoms with Crippen LogP contribution < -0.4 is 29.6 Å². The van der Waals surface area contributed by atoms with Gasteiger partial charge in [-0.1, -0.05) is 6.07 Å². The van der Waals surface area contributed by atoms with Gasteiger partial charge in [0, 0.05) is 18.3 Å². The van der Waals surface area contributed by atoms with Gasteiger partial charge in [0.15, 0.2) is 23.0 Å². The highest BCUT2D eigenvalue weighted by Gasteiger charge is 2.07. The van der Waals surface area contributed by atoms with E-state index in [0.717, 1.165) is 11.3 Å². The molecule has 0 aliphatic carbocycles. The molecule has 0 atom stereocenters. The second-order valence-electron chi connectivity index (χ2n) is 5.71. The number of rotatable bonds is 10. The van der Waals surface area contributed by atoms with Crippen LogP contribution in [0, 0.1) is 0 Å². The third-order valence-electron chi connectivity index (χ3n) is 4.02. The molecule has 0 unspecified atom stereocenters. The Bertz CT molecular complexity index is 764. The molecule has 2 N–H and O–H groups in total. The van der Waals surface area contributed by atoms with E-state index in [1.807, 2.05) is 24.3 Å². The summed E-state index contributed by atoms with van der Waals surface area (Å²) in [5.74, 6) is 2.52. The first-order valence-electron chi connectivity index (χ1n) is 8.54. The molecule has 0 aromatic heterocycles. The third kappa shape index (κ3) is 5.70. The molecule has 0 fully saturated rings. The van der Waals surface area contributed by atoms with Crippen LogP contribution in [0.25, 0.3) is 0 Å². The monoisotopic (exact) mass is 374 g/mol. The molecule has 0 bridgehead atoms. The predicted molar refractivity (Wildman–Crippen MR) is 104 cm³/mol. The number of methoxy groups -OCH3 is 4. The number of carbonyl (C=O) groups is 1. The van der Waals surface area contributed by atoms with Gasteiger partial charge >= 0.3 is 0 Å². The van der Waals surface area contributed by atoms with Gasteiger partial charge in [-0.15, -0.1) is 0 Å². The number of ether oxygens (including phenoxy) is 4. The zero-order valence-corrected chi connectivity index (χ0v) is 16.1. The summed E-state index contributed by atoms with van der Waals surface area (Å²) < 4.78 is 20.9. The van der Waals surface area contributed by atoms with Crippen molar-refractivity contribution >= 4 is 11.6 Å². The minimum atomic E-state index is -0.0924. The summed E-state index contributed by atoms with van der Waals surface area (Å²) in [6.07, 6.45) is 0.697. The quantitative estimate of drug-likeness (QED) is 0.665. The Kier molecular flexibility index (Phi) is 7.61. The van der Waals surface area contributed by atoms with Crippen LogP contribution in [0.5, 0.6) is 23.0 Å². The van der Waals surface area contributed by atoms with Crippen molar-refractivity contribution in [2.24, 2.45) is 0 Å². The largest absolute Gasteiger partial charge is 0.493 e. The lowest BCUT2D eigenvalue weighted by atomic mass is 10.1. The Labute approximate surface area is 159 Å². The fourth-order valence-electron chi connectivity index (χ4n) is 2.57. The number of amides is 1. The minimum Gasteiger partial charge on any atom is -0.493 e. The molecule has 0 radical (unpaired) electrons. The number of anilines is 1. The maximum atomic E-state index is 12.0. The lowest BCUT2D eigenvalue weighted by Gasteiger charge is -2.12. The van der Waals surface area contributed by atoms with Gasteiger partial charge in [-0.05, 0) is 36.2 Å². The molecule has 0 aliphatic heterocycles. The normalized spacial score (nSPS) is 10.1. The highest BCUT2D eigenvalue weighted by atomic mass is 16.5. The van der Waals surface area contributed by atoms with Crippen LogP contribution in [0.4, 0.5) is 5.69 Å². The van der Waals surface area contributed by atoms with Crippen molar-refractivity contribution in [2.75, 3.05) is 46.8 Å². The van der Waals surface area contributed by atoms with Crippen molar-refractivity contribution in [3.8, 4) is 23.0 Å². The van der Waals surface area contributed by atoms with Crippen molar-refractivity contribution in [1.29, 1.82) is 0 Å². The first-order valence-corrected chi connectivity index (χ1v) is 8.54. The number of benzene rings is 2. The van der Waals surface area contributed by atoms with E-state index in [2.05, 4.69) is 10.6 Å². The number of nitrogens with one attached hydrogen (secondary N) is 2. The van der Waals surface area contributed by atoms with E-state index in [9.17, 15) is 4.79 Å². The van der Waals surface area contributed by atoms with Crippen LogP contribution in [-0.2, 0) is 11.2 Å². The fraction of sp³-hybridized carbons (Fsp3) is 0.350. The van der Waals surface area contributed by atoms with Crippen molar-refractivity contribution in [1.82, 2.24) is 5.32 Å². The summed E-state index contributed by atoms with van der Waals surface area (Å²) in [5, 5.41) is 5.96. The lowest BCUT2D eigenvalue weighted by molar-refractivity contribution is -0.119. The molecule has 0 heterocycles. The smallest absolute Gasteiger partial charge is 0.239 e. The zero-order chi connectivity index (χ0) is 19.6. The molecule has 1 amide bonds. The molecule has 0 spiro atoms. The summed E-state index contributed by atoms with van der Waals surface area (Å²) in [5.41, 5.74) is 1.84. The molecule has 2 rings (SSSR count). The third-order valence-corrected chi connectivity index (χ3v) is 4.02. The van der Waals surface area contributed by atoms with E-state index in [4.69, 9.17) is 18.9 Å². The Morgan fingerprint density at radius 3 is 2.04 bits per heavy atom. The standard InChI is InChI=1S/C20H26N2O5/c1-24-16-7-5-14(11-18(16)26-3)9-10-21-20(23)13-22-15-6-8-17(25-2)19(12-15)27-4/h5-8,11-12,22H,9-10,13H2,1-4H3,(H,21,23). The number of hydrogen-bond donors (Lipinski definition) is 2. The van der Waals surface area contributed by atoms with Crippen LogP contribution in [0.15, 0.2) is 36.4 Å². The van der Waals surface area contributed by atoms with Crippen molar-refractivity contribution in [3.05, 3.63) is 42.0 Å². The zero-order valence-electron chi connectivity index (χ0n) is 16.1.